The molecule has 1 aromatic heterocycles. The van der Waals surface area contributed by atoms with E-state index in [9.17, 15) is 0 Å². The molecular weight excluding hydrogens is 276 g/mol. The quantitative estimate of drug-likeness (QED) is 0.921. The molecule has 6 heteroatoms. The summed E-state index contributed by atoms with van der Waals surface area (Å²) in [5, 5.41) is 4.67. The summed E-state index contributed by atoms with van der Waals surface area (Å²) in [5.41, 5.74) is 0.923. The average molecular weight is 298 g/mol. The highest BCUT2D eigenvalue weighted by atomic mass is 32.2. The highest BCUT2D eigenvalue weighted by Gasteiger charge is 2.45. The molecule has 1 aliphatic carbocycles. The maximum absolute atomic E-state index is 5.87. The lowest BCUT2D eigenvalue weighted by Gasteiger charge is -2.40. The number of aryl methyl sites for hydroxylation is 1. The summed E-state index contributed by atoms with van der Waals surface area (Å²) in [6.45, 7) is 6.48. The molecule has 1 saturated heterocycles. The molecule has 2 atom stereocenters. The predicted molar refractivity (Wildman–Crippen MR) is 76.8 cm³/mol. The van der Waals surface area contributed by atoms with Gasteiger partial charge in [-0.1, -0.05) is 18.7 Å². The van der Waals surface area contributed by atoms with Gasteiger partial charge in [0.2, 0.25) is 0 Å². The van der Waals surface area contributed by atoms with Crippen LogP contribution in [-0.4, -0.2) is 41.8 Å². The Morgan fingerprint density at radius 3 is 2.90 bits per heavy atom. The minimum absolute atomic E-state index is 0.361. The van der Waals surface area contributed by atoms with E-state index in [-0.39, 0.29) is 5.79 Å². The fourth-order valence-corrected chi connectivity index (χ4v) is 4.30. The molecule has 3 rings (SSSR count). The first-order valence-electron chi connectivity index (χ1n) is 7.31. The summed E-state index contributed by atoms with van der Waals surface area (Å²) >= 11 is 1.69. The van der Waals surface area contributed by atoms with E-state index < -0.39 is 0 Å². The van der Waals surface area contributed by atoms with Crippen LogP contribution in [0.1, 0.15) is 31.9 Å². The Hall–Kier alpha value is -0.560. The second kappa shape index (κ2) is 6.05. The molecule has 1 saturated carbocycles. The van der Waals surface area contributed by atoms with Crippen LogP contribution in [0, 0.1) is 6.92 Å². The number of thioether (sulfide) groups is 1. The SMILES string of the molecule is CCNC1CCC2(CC1Sc1nc(C)co1)OCCO2. The van der Waals surface area contributed by atoms with Crippen LogP contribution in [0.25, 0.3) is 0 Å². The van der Waals surface area contributed by atoms with Crippen LogP contribution >= 0.6 is 11.8 Å². The molecule has 0 bridgehead atoms. The third kappa shape index (κ3) is 3.03. The molecule has 1 aliphatic heterocycles. The van der Waals surface area contributed by atoms with Crippen molar-refractivity contribution in [3.05, 3.63) is 12.0 Å². The zero-order valence-corrected chi connectivity index (χ0v) is 12.9. The molecule has 20 heavy (non-hydrogen) atoms. The zero-order chi connectivity index (χ0) is 14.0. The van der Waals surface area contributed by atoms with Gasteiger partial charge in [-0.05, 0) is 19.9 Å². The van der Waals surface area contributed by atoms with Crippen LogP contribution in [0.4, 0.5) is 0 Å². The number of rotatable bonds is 4. The number of aromatic nitrogens is 1. The van der Waals surface area contributed by atoms with Crippen LogP contribution in [0.15, 0.2) is 15.9 Å². The summed E-state index contributed by atoms with van der Waals surface area (Å²) in [6.07, 6.45) is 4.61. The smallest absolute Gasteiger partial charge is 0.256 e. The molecule has 0 amide bonds. The van der Waals surface area contributed by atoms with E-state index in [2.05, 4.69) is 17.2 Å². The van der Waals surface area contributed by atoms with Crippen LogP contribution in [0.3, 0.4) is 0 Å². The van der Waals surface area contributed by atoms with E-state index in [1.54, 1.807) is 18.0 Å². The molecule has 2 heterocycles. The number of ether oxygens (including phenoxy) is 2. The van der Waals surface area contributed by atoms with Crippen LogP contribution in [0.5, 0.6) is 0 Å². The second-order valence-corrected chi connectivity index (χ2v) is 6.62. The normalized spacial score (nSPS) is 29.1. The van der Waals surface area contributed by atoms with Gasteiger partial charge in [0.1, 0.15) is 6.26 Å². The molecular formula is C14H22N2O3S. The summed E-state index contributed by atoms with van der Waals surface area (Å²) < 4.78 is 17.2. The Bertz CT molecular complexity index is 445. The average Bonchev–Trinajstić information content (AvgIpc) is 3.04. The molecule has 0 aromatic carbocycles. The van der Waals surface area contributed by atoms with Crippen molar-refractivity contribution in [2.45, 2.75) is 55.4 Å². The van der Waals surface area contributed by atoms with Crippen molar-refractivity contribution in [1.29, 1.82) is 0 Å². The molecule has 1 spiro atoms. The van der Waals surface area contributed by atoms with Crippen molar-refractivity contribution in [3.8, 4) is 0 Å². The number of nitrogens with one attached hydrogen (secondary N) is 1. The van der Waals surface area contributed by atoms with Crippen molar-refractivity contribution in [2.24, 2.45) is 0 Å². The van der Waals surface area contributed by atoms with E-state index >= 15 is 0 Å². The lowest BCUT2D eigenvalue weighted by Crippen LogP contribution is -2.49. The van der Waals surface area contributed by atoms with Crippen LogP contribution in [-0.2, 0) is 9.47 Å². The monoisotopic (exact) mass is 298 g/mol. The van der Waals surface area contributed by atoms with Crippen molar-refractivity contribution >= 4 is 11.8 Å². The maximum atomic E-state index is 5.87. The Kier molecular flexibility index (Phi) is 4.35. The third-order valence-electron chi connectivity index (χ3n) is 3.93. The number of nitrogens with zero attached hydrogens (tertiary/aromatic N) is 1. The summed E-state index contributed by atoms with van der Waals surface area (Å²) in [6, 6.07) is 0.454. The molecule has 0 radical (unpaired) electrons. The third-order valence-corrected chi connectivity index (χ3v) is 5.11. The maximum Gasteiger partial charge on any atom is 0.256 e. The summed E-state index contributed by atoms with van der Waals surface area (Å²) in [5.74, 6) is -0.370. The van der Waals surface area contributed by atoms with Crippen molar-refractivity contribution in [1.82, 2.24) is 10.3 Å². The molecule has 2 aliphatic rings. The molecule has 112 valence electrons. The summed E-state index contributed by atoms with van der Waals surface area (Å²) in [7, 11) is 0. The van der Waals surface area contributed by atoms with Gasteiger partial charge in [0.05, 0.1) is 18.9 Å². The van der Waals surface area contributed by atoms with Gasteiger partial charge in [-0.3, -0.25) is 0 Å². The Morgan fingerprint density at radius 2 is 2.25 bits per heavy atom. The summed E-state index contributed by atoms with van der Waals surface area (Å²) in [4.78, 5) is 4.40. The van der Waals surface area contributed by atoms with E-state index in [0.29, 0.717) is 24.5 Å². The number of oxazole rings is 1. The van der Waals surface area contributed by atoms with Crippen molar-refractivity contribution in [3.63, 3.8) is 0 Å². The fraction of sp³-hybridized carbons (Fsp3) is 0.786. The standard InChI is InChI=1S/C14H22N2O3S/c1-3-15-11-4-5-14(18-6-7-19-14)8-12(11)20-13-16-10(2)9-17-13/h9,11-12,15H,3-8H2,1-2H3. The van der Waals surface area contributed by atoms with Crippen molar-refractivity contribution < 1.29 is 13.9 Å². The van der Waals surface area contributed by atoms with E-state index in [0.717, 1.165) is 36.7 Å². The van der Waals surface area contributed by atoms with E-state index in [1.807, 2.05) is 6.92 Å². The fourth-order valence-electron chi connectivity index (χ4n) is 3.01. The molecule has 1 aromatic rings. The number of hydrogen-bond donors (Lipinski definition) is 1. The first-order chi connectivity index (χ1) is 9.71. The van der Waals surface area contributed by atoms with Crippen molar-refractivity contribution in [2.75, 3.05) is 19.8 Å². The molecule has 1 N–H and O–H groups in total. The van der Waals surface area contributed by atoms with Gasteiger partial charge >= 0.3 is 0 Å². The molecule has 5 nitrogen and oxygen atoms in total. The first-order valence-corrected chi connectivity index (χ1v) is 8.19. The van der Waals surface area contributed by atoms with Crippen LogP contribution in [0.2, 0.25) is 0 Å². The second-order valence-electron chi connectivity index (χ2n) is 5.43. The van der Waals surface area contributed by atoms with Gasteiger partial charge in [0, 0.05) is 24.1 Å². The minimum Gasteiger partial charge on any atom is -0.440 e. The zero-order valence-electron chi connectivity index (χ0n) is 12.1. The largest absolute Gasteiger partial charge is 0.440 e. The lowest BCUT2D eigenvalue weighted by atomic mass is 9.89. The highest BCUT2D eigenvalue weighted by Crippen LogP contribution is 2.42. The molecule has 2 unspecified atom stereocenters. The first kappa shape index (κ1) is 14.4. The number of hydrogen-bond acceptors (Lipinski definition) is 6. The minimum atomic E-state index is -0.370. The van der Waals surface area contributed by atoms with Gasteiger partial charge in [0.25, 0.3) is 5.22 Å². The van der Waals surface area contributed by atoms with Gasteiger partial charge in [0.15, 0.2) is 5.79 Å². The molecule has 2 fully saturated rings. The Labute approximate surface area is 123 Å². The Morgan fingerprint density at radius 1 is 1.45 bits per heavy atom. The van der Waals surface area contributed by atoms with Gasteiger partial charge in [-0.2, -0.15) is 0 Å². The van der Waals surface area contributed by atoms with Crippen LogP contribution < -0.4 is 5.32 Å². The predicted octanol–water partition coefficient (Wildman–Crippen LogP) is 2.35. The highest BCUT2D eigenvalue weighted by molar-refractivity contribution is 7.99. The van der Waals surface area contributed by atoms with E-state index in [4.69, 9.17) is 13.9 Å². The van der Waals surface area contributed by atoms with Gasteiger partial charge < -0.3 is 19.2 Å². The van der Waals surface area contributed by atoms with Gasteiger partial charge in [-0.25, -0.2) is 4.98 Å². The lowest BCUT2D eigenvalue weighted by molar-refractivity contribution is -0.178. The topological polar surface area (TPSA) is 56.5 Å². The van der Waals surface area contributed by atoms with E-state index in [1.165, 1.54) is 0 Å². The Balaban J connectivity index is 1.71. The van der Waals surface area contributed by atoms with Gasteiger partial charge in [-0.15, -0.1) is 0 Å².